The quantitative estimate of drug-likeness (QED) is 0.407. The number of rotatable bonds is 10. The van der Waals surface area contributed by atoms with Gasteiger partial charge in [0.2, 0.25) is 0 Å². The van der Waals surface area contributed by atoms with E-state index >= 15 is 0 Å². The molecule has 180 valence electrons. The van der Waals surface area contributed by atoms with Gasteiger partial charge in [0.1, 0.15) is 11.2 Å². The number of para-hydroxylation sites is 1. The second-order valence-electron chi connectivity index (χ2n) is 9.47. The summed E-state index contributed by atoms with van der Waals surface area (Å²) in [7, 11) is 0. The molecule has 33 heavy (non-hydrogen) atoms. The highest BCUT2D eigenvalue weighted by Gasteiger charge is 2.23. The first-order valence-corrected chi connectivity index (χ1v) is 11.4. The molecular weight excluding hydrogens is 418 g/mol. The molecule has 7 nitrogen and oxygen atoms in total. The predicted molar refractivity (Wildman–Crippen MR) is 132 cm³/mol. The standard InChI is InChI=1S/C26H37N3O4/c1-25(2,3)32-23(30)28-18-11-17-27-19-16-26(4,5)33-24(31)29-22-15-10-9-14-21(22)20-12-7-6-8-13-20/h6-10,12-15,27H,11,16-19H2,1-5H3,(H,28,30)(H,29,31). The van der Waals surface area contributed by atoms with Crippen LogP contribution in [0.15, 0.2) is 54.6 Å². The first-order valence-electron chi connectivity index (χ1n) is 11.4. The molecule has 0 unspecified atom stereocenters. The summed E-state index contributed by atoms with van der Waals surface area (Å²) >= 11 is 0. The highest BCUT2D eigenvalue weighted by Crippen LogP contribution is 2.28. The van der Waals surface area contributed by atoms with Gasteiger partial charge in [-0.2, -0.15) is 0 Å². The molecule has 2 aromatic rings. The van der Waals surface area contributed by atoms with Crippen molar-refractivity contribution in [3.05, 3.63) is 54.6 Å². The van der Waals surface area contributed by atoms with E-state index in [9.17, 15) is 9.59 Å². The Kier molecular flexibility index (Phi) is 9.73. The SMILES string of the molecule is CC(C)(C)OC(=O)NCCCNCCC(C)(C)OC(=O)Nc1ccccc1-c1ccccc1. The third-order valence-electron chi connectivity index (χ3n) is 4.72. The molecule has 0 heterocycles. The maximum absolute atomic E-state index is 12.5. The van der Waals surface area contributed by atoms with Gasteiger partial charge in [-0.15, -0.1) is 0 Å². The lowest BCUT2D eigenvalue weighted by atomic mass is 10.0. The van der Waals surface area contributed by atoms with Crippen LogP contribution in [0.3, 0.4) is 0 Å². The van der Waals surface area contributed by atoms with Crippen LogP contribution in [0.25, 0.3) is 11.1 Å². The fourth-order valence-electron chi connectivity index (χ4n) is 3.13. The highest BCUT2D eigenvalue weighted by atomic mass is 16.6. The van der Waals surface area contributed by atoms with Crippen LogP contribution >= 0.6 is 0 Å². The number of amides is 2. The Hall–Kier alpha value is -3.06. The molecule has 0 saturated heterocycles. The number of hydrogen-bond donors (Lipinski definition) is 3. The molecule has 0 spiro atoms. The van der Waals surface area contributed by atoms with Gasteiger partial charge in [0, 0.05) is 12.1 Å². The molecule has 0 fully saturated rings. The van der Waals surface area contributed by atoms with Gasteiger partial charge >= 0.3 is 12.2 Å². The summed E-state index contributed by atoms with van der Waals surface area (Å²) in [6.45, 7) is 11.2. The number of carbonyl (C=O) groups is 2. The van der Waals surface area contributed by atoms with Crippen LogP contribution in [0, 0.1) is 0 Å². The van der Waals surface area contributed by atoms with Gasteiger partial charge in [-0.3, -0.25) is 5.32 Å². The first kappa shape index (κ1) is 26.2. The Morgan fingerprint density at radius 2 is 1.45 bits per heavy atom. The summed E-state index contributed by atoms with van der Waals surface area (Å²) in [5.74, 6) is 0. The van der Waals surface area contributed by atoms with Gasteiger partial charge in [0.25, 0.3) is 0 Å². The normalized spacial score (nSPS) is 11.5. The molecule has 0 bridgehead atoms. The monoisotopic (exact) mass is 455 g/mol. The second-order valence-corrected chi connectivity index (χ2v) is 9.47. The molecule has 3 N–H and O–H groups in total. The van der Waals surface area contributed by atoms with Crippen molar-refractivity contribution in [2.24, 2.45) is 0 Å². The van der Waals surface area contributed by atoms with E-state index in [1.807, 2.05) is 89.2 Å². The molecule has 0 aliphatic heterocycles. The van der Waals surface area contributed by atoms with Crippen molar-refractivity contribution < 1.29 is 19.1 Å². The lowest BCUT2D eigenvalue weighted by Crippen LogP contribution is -2.35. The largest absolute Gasteiger partial charge is 0.444 e. The topological polar surface area (TPSA) is 88.7 Å². The van der Waals surface area contributed by atoms with E-state index in [0.717, 1.165) is 24.1 Å². The van der Waals surface area contributed by atoms with Crippen LogP contribution in [0.4, 0.5) is 15.3 Å². The molecule has 0 radical (unpaired) electrons. The van der Waals surface area contributed by atoms with Gasteiger partial charge in [-0.1, -0.05) is 48.5 Å². The van der Waals surface area contributed by atoms with Gasteiger partial charge in [-0.05, 0) is 72.2 Å². The van der Waals surface area contributed by atoms with Crippen LogP contribution in [0.5, 0.6) is 0 Å². The number of carbonyl (C=O) groups excluding carboxylic acids is 2. The molecule has 2 rings (SSSR count). The number of anilines is 1. The van der Waals surface area contributed by atoms with Crippen molar-refractivity contribution >= 4 is 17.9 Å². The molecule has 2 amide bonds. The molecule has 0 aliphatic carbocycles. The van der Waals surface area contributed by atoms with Gasteiger partial charge in [-0.25, -0.2) is 9.59 Å². The predicted octanol–water partition coefficient (Wildman–Crippen LogP) is 5.58. The van der Waals surface area contributed by atoms with E-state index in [1.165, 1.54) is 0 Å². The minimum absolute atomic E-state index is 0.406. The molecule has 0 saturated carbocycles. The van der Waals surface area contributed by atoms with Crippen molar-refractivity contribution in [1.82, 2.24) is 10.6 Å². The molecule has 0 atom stereocenters. The van der Waals surface area contributed by atoms with Crippen LogP contribution in [0.1, 0.15) is 47.5 Å². The number of nitrogens with one attached hydrogen (secondary N) is 3. The molecule has 7 heteroatoms. The summed E-state index contributed by atoms with van der Waals surface area (Å²) in [5, 5.41) is 8.92. The zero-order valence-corrected chi connectivity index (χ0v) is 20.4. The summed E-state index contributed by atoms with van der Waals surface area (Å²) in [6.07, 6.45) is 0.541. The Bertz CT molecular complexity index is 892. The fourth-order valence-corrected chi connectivity index (χ4v) is 3.13. The number of ether oxygens (including phenoxy) is 2. The van der Waals surface area contributed by atoms with Crippen molar-refractivity contribution in [3.8, 4) is 11.1 Å². The zero-order valence-electron chi connectivity index (χ0n) is 20.4. The van der Waals surface area contributed by atoms with Gasteiger partial charge in [0.05, 0.1) is 5.69 Å². The molecule has 0 aliphatic rings. The van der Waals surface area contributed by atoms with E-state index < -0.39 is 23.4 Å². The van der Waals surface area contributed by atoms with Crippen LogP contribution in [-0.4, -0.2) is 43.0 Å². The Balaban J connectivity index is 1.70. The van der Waals surface area contributed by atoms with E-state index in [2.05, 4.69) is 16.0 Å². The minimum atomic E-state index is -0.631. The summed E-state index contributed by atoms with van der Waals surface area (Å²) in [4.78, 5) is 24.1. The molecule has 2 aromatic carbocycles. The average molecular weight is 456 g/mol. The zero-order chi connectivity index (χ0) is 24.3. The lowest BCUT2D eigenvalue weighted by molar-refractivity contribution is 0.0427. The number of hydrogen-bond acceptors (Lipinski definition) is 5. The Morgan fingerprint density at radius 1 is 0.788 bits per heavy atom. The Morgan fingerprint density at radius 3 is 2.15 bits per heavy atom. The summed E-state index contributed by atoms with van der Waals surface area (Å²) in [5.41, 5.74) is 1.55. The third kappa shape index (κ3) is 10.4. The smallest absolute Gasteiger partial charge is 0.412 e. The minimum Gasteiger partial charge on any atom is -0.444 e. The first-order chi connectivity index (χ1) is 15.6. The van der Waals surface area contributed by atoms with Crippen LogP contribution in [-0.2, 0) is 9.47 Å². The number of benzene rings is 2. The van der Waals surface area contributed by atoms with E-state index in [-0.39, 0.29) is 0 Å². The fraction of sp³-hybridized carbons (Fsp3) is 0.462. The van der Waals surface area contributed by atoms with Crippen molar-refractivity contribution in [1.29, 1.82) is 0 Å². The maximum atomic E-state index is 12.5. The maximum Gasteiger partial charge on any atom is 0.412 e. The molecule has 0 aromatic heterocycles. The van der Waals surface area contributed by atoms with E-state index in [0.29, 0.717) is 25.2 Å². The van der Waals surface area contributed by atoms with Crippen LogP contribution in [0.2, 0.25) is 0 Å². The summed E-state index contributed by atoms with van der Waals surface area (Å²) in [6, 6.07) is 17.6. The van der Waals surface area contributed by atoms with Gasteiger partial charge < -0.3 is 20.1 Å². The number of alkyl carbamates (subject to hydrolysis) is 1. The highest BCUT2D eigenvalue weighted by molar-refractivity contribution is 5.91. The summed E-state index contributed by atoms with van der Waals surface area (Å²) < 4.78 is 10.9. The van der Waals surface area contributed by atoms with Gasteiger partial charge in [0.15, 0.2) is 0 Å². The van der Waals surface area contributed by atoms with Crippen molar-refractivity contribution in [2.75, 3.05) is 25.0 Å². The Labute approximate surface area is 197 Å². The van der Waals surface area contributed by atoms with Crippen molar-refractivity contribution in [3.63, 3.8) is 0 Å². The molecular formula is C26H37N3O4. The van der Waals surface area contributed by atoms with Crippen LogP contribution < -0.4 is 16.0 Å². The average Bonchev–Trinajstić information content (AvgIpc) is 2.72. The lowest BCUT2D eigenvalue weighted by Gasteiger charge is -2.25. The third-order valence-corrected chi connectivity index (χ3v) is 4.72. The van der Waals surface area contributed by atoms with E-state index in [4.69, 9.17) is 9.47 Å². The van der Waals surface area contributed by atoms with Crippen molar-refractivity contribution in [2.45, 2.75) is 58.7 Å². The second kappa shape index (κ2) is 12.3. The van der Waals surface area contributed by atoms with E-state index in [1.54, 1.807) is 0 Å².